The Morgan fingerprint density at radius 2 is 2.11 bits per heavy atom. The lowest BCUT2D eigenvalue weighted by Gasteiger charge is -2.17. The van der Waals surface area contributed by atoms with Gasteiger partial charge in [-0.25, -0.2) is 4.79 Å². The number of carbonyl (C=O) groups excluding carboxylic acids is 2. The molecule has 2 amide bonds. The molecule has 0 aliphatic heterocycles. The Bertz CT molecular complexity index is 458. The Morgan fingerprint density at radius 1 is 1.42 bits per heavy atom. The van der Waals surface area contributed by atoms with Crippen molar-refractivity contribution in [2.75, 3.05) is 6.54 Å². The Hall–Kier alpha value is -1.93. The van der Waals surface area contributed by atoms with Gasteiger partial charge in [-0.3, -0.25) is 9.59 Å². The molecule has 2 atom stereocenters. The molecule has 0 aromatic carbocycles. The largest absolute Gasteiger partial charge is 0.480 e. The smallest absolute Gasteiger partial charge is 0.328 e. The molecule has 0 aliphatic rings. The summed E-state index contributed by atoms with van der Waals surface area (Å²) in [7, 11) is 0. The molecular formula is C11H14N2O5S. The highest BCUT2D eigenvalue weighted by Crippen LogP contribution is 2.07. The number of hydrogen-bond donors (Lipinski definition) is 4. The number of thiophene rings is 1. The van der Waals surface area contributed by atoms with E-state index in [1.54, 1.807) is 17.5 Å². The highest BCUT2D eigenvalue weighted by atomic mass is 32.1. The minimum Gasteiger partial charge on any atom is -0.480 e. The van der Waals surface area contributed by atoms with Crippen LogP contribution in [0.25, 0.3) is 0 Å². The number of aliphatic hydroxyl groups excluding tert-OH is 1. The molecular weight excluding hydrogens is 272 g/mol. The van der Waals surface area contributed by atoms with Crippen LogP contribution in [0.3, 0.4) is 0 Å². The Labute approximate surface area is 113 Å². The summed E-state index contributed by atoms with van der Waals surface area (Å²) in [4.78, 5) is 34.2. The Balaban J connectivity index is 2.43. The summed E-state index contributed by atoms with van der Waals surface area (Å²) in [6.07, 6.45) is -1.23. The monoisotopic (exact) mass is 286 g/mol. The standard InChI is InChI=1S/C11H14N2O5S/c1-6(14)9(11(17)18)13-8(15)5-12-10(16)7-3-2-4-19-7/h2-4,6,9,14H,5H2,1H3,(H,12,16)(H,13,15)(H,17,18). The lowest BCUT2D eigenvalue weighted by Crippen LogP contribution is -2.50. The number of carboxylic acids is 1. The number of amides is 2. The first-order chi connectivity index (χ1) is 8.91. The van der Waals surface area contributed by atoms with Crippen molar-refractivity contribution in [2.45, 2.75) is 19.1 Å². The molecule has 1 aromatic rings. The summed E-state index contributed by atoms with van der Waals surface area (Å²) < 4.78 is 0. The predicted molar refractivity (Wildman–Crippen MR) is 67.9 cm³/mol. The van der Waals surface area contributed by atoms with Gasteiger partial charge in [0.15, 0.2) is 6.04 Å². The van der Waals surface area contributed by atoms with Crippen LogP contribution in [0.2, 0.25) is 0 Å². The summed E-state index contributed by atoms with van der Waals surface area (Å²) in [6, 6.07) is 1.91. The number of hydrogen-bond acceptors (Lipinski definition) is 5. The van der Waals surface area contributed by atoms with Crippen molar-refractivity contribution in [2.24, 2.45) is 0 Å². The van der Waals surface area contributed by atoms with Crippen molar-refractivity contribution in [1.29, 1.82) is 0 Å². The minimum absolute atomic E-state index is 0.354. The van der Waals surface area contributed by atoms with E-state index in [0.29, 0.717) is 4.88 Å². The number of aliphatic hydroxyl groups is 1. The molecule has 1 rings (SSSR count). The van der Waals surface area contributed by atoms with Crippen LogP contribution >= 0.6 is 11.3 Å². The molecule has 1 aromatic heterocycles. The summed E-state index contributed by atoms with van der Waals surface area (Å²) in [5.74, 6) is -2.43. The van der Waals surface area contributed by atoms with Crippen LogP contribution in [-0.2, 0) is 9.59 Å². The molecule has 104 valence electrons. The van der Waals surface area contributed by atoms with Crippen molar-refractivity contribution in [3.05, 3.63) is 22.4 Å². The van der Waals surface area contributed by atoms with E-state index in [0.717, 1.165) is 0 Å². The SMILES string of the molecule is CC(O)C(NC(=O)CNC(=O)c1cccs1)C(=O)O. The maximum Gasteiger partial charge on any atom is 0.328 e. The lowest BCUT2D eigenvalue weighted by molar-refractivity contribution is -0.144. The zero-order chi connectivity index (χ0) is 14.4. The van der Waals surface area contributed by atoms with Crippen LogP contribution in [0.15, 0.2) is 17.5 Å². The molecule has 8 heteroatoms. The second-order valence-corrected chi connectivity index (χ2v) is 4.73. The van der Waals surface area contributed by atoms with Crippen LogP contribution in [0.5, 0.6) is 0 Å². The van der Waals surface area contributed by atoms with Crippen molar-refractivity contribution >= 4 is 29.1 Å². The average Bonchev–Trinajstić information content (AvgIpc) is 2.85. The van der Waals surface area contributed by atoms with Crippen LogP contribution in [0.1, 0.15) is 16.6 Å². The van der Waals surface area contributed by atoms with E-state index < -0.39 is 29.9 Å². The highest BCUT2D eigenvalue weighted by molar-refractivity contribution is 7.12. The lowest BCUT2D eigenvalue weighted by atomic mass is 10.2. The van der Waals surface area contributed by atoms with Gasteiger partial charge >= 0.3 is 5.97 Å². The molecule has 4 N–H and O–H groups in total. The fourth-order valence-corrected chi connectivity index (χ4v) is 1.91. The maximum absolute atomic E-state index is 11.5. The second-order valence-electron chi connectivity index (χ2n) is 3.78. The minimum atomic E-state index is -1.40. The van der Waals surface area contributed by atoms with Crippen LogP contribution in [0.4, 0.5) is 0 Å². The molecule has 0 aliphatic carbocycles. The maximum atomic E-state index is 11.5. The third-order valence-corrected chi connectivity index (χ3v) is 3.09. The number of carbonyl (C=O) groups is 3. The predicted octanol–water partition coefficient (Wildman–Crippen LogP) is -0.572. The molecule has 0 radical (unpaired) electrons. The van der Waals surface area contributed by atoms with E-state index in [4.69, 9.17) is 5.11 Å². The first kappa shape index (κ1) is 15.1. The van der Waals surface area contributed by atoms with E-state index >= 15 is 0 Å². The van der Waals surface area contributed by atoms with E-state index in [2.05, 4.69) is 10.6 Å². The summed E-state index contributed by atoms with van der Waals surface area (Å²) in [6.45, 7) is 0.899. The summed E-state index contributed by atoms with van der Waals surface area (Å²) in [5.41, 5.74) is 0. The molecule has 0 spiro atoms. The van der Waals surface area contributed by atoms with Gasteiger partial charge in [0.1, 0.15) is 0 Å². The molecule has 0 fully saturated rings. The average molecular weight is 286 g/mol. The van der Waals surface area contributed by atoms with Gasteiger partial charge < -0.3 is 20.8 Å². The molecule has 0 bridgehead atoms. The van der Waals surface area contributed by atoms with Crippen LogP contribution in [0, 0.1) is 0 Å². The zero-order valence-corrected chi connectivity index (χ0v) is 10.9. The molecule has 0 saturated carbocycles. The van der Waals surface area contributed by atoms with E-state index in [9.17, 15) is 19.5 Å². The van der Waals surface area contributed by atoms with Crippen molar-refractivity contribution < 1.29 is 24.6 Å². The van der Waals surface area contributed by atoms with Gasteiger partial charge in [0.05, 0.1) is 17.5 Å². The number of carboxylic acid groups (broad SMARTS) is 1. The van der Waals surface area contributed by atoms with Gasteiger partial charge in [0.2, 0.25) is 5.91 Å². The molecule has 19 heavy (non-hydrogen) atoms. The Kier molecular flexibility index (Phi) is 5.46. The van der Waals surface area contributed by atoms with E-state index in [1.807, 2.05) is 0 Å². The third-order valence-electron chi connectivity index (χ3n) is 2.22. The second kappa shape index (κ2) is 6.86. The van der Waals surface area contributed by atoms with Crippen LogP contribution < -0.4 is 10.6 Å². The van der Waals surface area contributed by atoms with Gasteiger partial charge in [0, 0.05) is 0 Å². The van der Waals surface area contributed by atoms with Crippen molar-refractivity contribution in [3.63, 3.8) is 0 Å². The molecule has 2 unspecified atom stereocenters. The van der Waals surface area contributed by atoms with Crippen molar-refractivity contribution in [1.82, 2.24) is 10.6 Å². The quantitative estimate of drug-likeness (QED) is 0.559. The molecule has 0 saturated heterocycles. The summed E-state index contributed by atoms with van der Waals surface area (Å²) in [5, 5.41) is 24.1. The normalized spacial score (nSPS) is 13.4. The number of rotatable bonds is 6. The topological polar surface area (TPSA) is 116 Å². The first-order valence-electron chi connectivity index (χ1n) is 5.43. The Morgan fingerprint density at radius 3 is 2.58 bits per heavy atom. The third kappa shape index (κ3) is 4.68. The fraction of sp³-hybridized carbons (Fsp3) is 0.364. The molecule has 7 nitrogen and oxygen atoms in total. The number of aliphatic carboxylic acids is 1. The highest BCUT2D eigenvalue weighted by Gasteiger charge is 2.24. The van der Waals surface area contributed by atoms with Gasteiger partial charge in [-0.1, -0.05) is 6.07 Å². The van der Waals surface area contributed by atoms with Crippen LogP contribution in [-0.4, -0.2) is 46.7 Å². The van der Waals surface area contributed by atoms with Gasteiger partial charge in [-0.05, 0) is 18.4 Å². The zero-order valence-electron chi connectivity index (χ0n) is 10.1. The number of nitrogens with one attached hydrogen (secondary N) is 2. The van der Waals surface area contributed by atoms with E-state index in [-0.39, 0.29) is 6.54 Å². The fourth-order valence-electron chi connectivity index (χ4n) is 1.27. The van der Waals surface area contributed by atoms with Gasteiger partial charge in [0.25, 0.3) is 5.91 Å². The van der Waals surface area contributed by atoms with Gasteiger partial charge in [-0.15, -0.1) is 11.3 Å². The van der Waals surface area contributed by atoms with E-state index in [1.165, 1.54) is 18.3 Å². The summed E-state index contributed by atoms with van der Waals surface area (Å²) >= 11 is 1.23. The van der Waals surface area contributed by atoms with Gasteiger partial charge in [-0.2, -0.15) is 0 Å². The molecule has 1 heterocycles. The van der Waals surface area contributed by atoms with Crippen molar-refractivity contribution in [3.8, 4) is 0 Å². The first-order valence-corrected chi connectivity index (χ1v) is 6.31.